The Balaban J connectivity index is 1.53. The molecule has 0 aromatic heterocycles. The van der Waals surface area contributed by atoms with Crippen LogP contribution in [0.4, 0.5) is 0 Å². The van der Waals surface area contributed by atoms with Crippen molar-refractivity contribution in [1.29, 1.82) is 0 Å². The van der Waals surface area contributed by atoms with Crippen molar-refractivity contribution in [2.24, 2.45) is 0 Å². The Morgan fingerprint density at radius 2 is 1.61 bits per heavy atom. The van der Waals surface area contributed by atoms with Crippen molar-refractivity contribution >= 4 is 11.6 Å². The molecule has 4 nitrogen and oxygen atoms in total. The average molecular weight is 403 g/mol. The van der Waals surface area contributed by atoms with Gasteiger partial charge in [-0.1, -0.05) is 29.8 Å². The molecule has 0 bridgehead atoms. The van der Waals surface area contributed by atoms with Gasteiger partial charge in [0.2, 0.25) is 0 Å². The first-order valence-electron chi connectivity index (χ1n) is 10.2. The number of piperazine rings is 1. The Kier molecular flexibility index (Phi) is 8.01. The molecule has 0 aliphatic carbocycles. The zero-order valence-corrected chi connectivity index (χ0v) is 17.8. The maximum Gasteiger partial charge on any atom is 0.161 e. The van der Waals surface area contributed by atoms with Gasteiger partial charge in [0.25, 0.3) is 0 Å². The summed E-state index contributed by atoms with van der Waals surface area (Å²) in [5, 5.41) is 0.736. The highest BCUT2D eigenvalue weighted by molar-refractivity contribution is 6.30. The number of nitrogens with zero attached hydrogens (tertiary/aromatic N) is 2. The highest BCUT2D eigenvalue weighted by Gasteiger charge is 2.13. The third kappa shape index (κ3) is 6.40. The third-order valence-electron chi connectivity index (χ3n) is 5.15. The lowest BCUT2D eigenvalue weighted by Crippen LogP contribution is -2.44. The van der Waals surface area contributed by atoms with Gasteiger partial charge in [-0.05, 0) is 68.8 Å². The molecule has 0 N–H and O–H groups in total. The SMILES string of the molecule is CCOc1cc(CCCN2CCN(C)CC2)ccc1OCc1ccc(Cl)cc1. The topological polar surface area (TPSA) is 24.9 Å². The van der Waals surface area contributed by atoms with Crippen LogP contribution in [0.5, 0.6) is 11.5 Å². The van der Waals surface area contributed by atoms with Crippen LogP contribution < -0.4 is 9.47 Å². The molecular weight excluding hydrogens is 372 g/mol. The number of likely N-dealkylation sites (N-methyl/N-ethyl adjacent to an activating group) is 1. The van der Waals surface area contributed by atoms with E-state index in [0.29, 0.717) is 13.2 Å². The molecule has 2 aromatic carbocycles. The fourth-order valence-corrected chi connectivity index (χ4v) is 3.54. The molecule has 1 fully saturated rings. The van der Waals surface area contributed by atoms with E-state index in [4.69, 9.17) is 21.1 Å². The molecule has 0 spiro atoms. The largest absolute Gasteiger partial charge is 0.490 e. The minimum absolute atomic E-state index is 0.500. The van der Waals surface area contributed by atoms with Gasteiger partial charge in [0.1, 0.15) is 6.61 Å². The Bertz CT molecular complexity index is 728. The molecule has 3 rings (SSSR count). The Morgan fingerprint density at radius 3 is 2.32 bits per heavy atom. The van der Waals surface area contributed by atoms with Gasteiger partial charge in [0.15, 0.2) is 11.5 Å². The number of benzene rings is 2. The Hall–Kier alpha value is -1.75. The Morgan fingerprint density at radius 1 is 0.893 bits per heavy atom. The smallest absolute Gasteiger partial charge is 0.161 e. The zero-order valence-electron chi connectivity index (χ0n) is 17.0. The first kappa shape index (κ1) is 21.0. The van der Waals surface area contributed by atoms with Crippen molar-refractivity contribution in [3.8, 4) is 11.5 Å². The van der Waals surface area contributed by atoms with Gasteiger partial charge in [-0.3, -0.25) is 0 Å². The van der Waals surface area contributed by atoms with Crippen LogP contribution in [0.2, 0.25) is 5.02 Å². The fraction of sp³-hybridized carbons (Fsp3) is 0.478. The van der Waals surface area contributed by atoms with Crippen LogP contribution in [-0.2, 0) is 13.0 Å². The molecule has 0 radical (unpaired) electrons. The molecule has 5 heteroatoms. The van der Waals surface area contributed by atoms with Gasteiger partial charge in [0, 0.05) is 31.2 Å². The number of halogens is 1. The van der Waals surface area contributed by atoms with E-state index in [0.717, 1.165) is 35.1 Å². The predicted octanol–water partition coefficient (Wildman–Crippen LogP) is 4.50. The van der Waals surface area contributed by atoms with E-state index in [1.54, 1.807) is 0 Å². The maximum absolute atomic E-state index is 6.00. The standard InChI is InChI=1S/C23H31ClN2O2/c1-3-27-23-17-19(5-4-12-26-15-13-25(2)14-16-26)8-11-22(23)28-18-20-6-9-21(24)10-7-20/h6-11,17H,3-5,12-16,18H2,1-2H3. The van der Waals surface area contributed by atoms with Crippen LogP contribution >= 0.6 is 11.6 Å². The molecule has 0 saturated carbocycles. The molecule has 0 amide bonds. The van der Waals surface area contributed by atoms with Gasteiger partial charge in [-0.2, -0.15) is 0 Å². The fourth-order valence-electron chi connectivity index (χ4n) is 3.42. The van der Waals surface area contributed by atoms with E-state index >= 15 is 0 Å². The average Bonchev–Trinajstić information content (AvgIpc) is 2.70. The van der Waals surface area contributed by atoms with Crippen molar-refractivity contribution in [3.63, 3.8) is 0 Å². The first-order valence-corrected chi connectivity index (χ1v) is 10.6. The van der Waals surface area contributed by atoms with Crippen molar-refractivity contribution in [2.75, 3.05) is 46.4 Å². The van der Waals surface area contributed by atoms with E-state index < -0.39 is 0 Å². The predicted molar refractivity (Wildman–Crippen MR) is 116 cm³/mol. The van der Waals surface area contributed by atoms with Crippen LogP contribution in [0.1, 0.15) is 24.5 Å². The quantitative estimate of drug-likeness (QED) is 0.616. The summed E-state index contributed by atoms with van der Waals surface area (Å²) in [6, 6.07) is 14.0. The van der Waals surface area contributed by atoms with Gasteiger partial charge < -0.3 is 19.3 Å². The van der Waals surface area contributed by atoms with Crippen molar-refractivity contribution in [1.82, 2.24) is 9.80 Å². The summed E-state index contributed by atoms with van der Waals surface area (Å²) >= 11 is 5.94. The van der Waals surface area contributed by atoms with Gasteiger partial charge >= 0.3 is 0 Å². The lowest BCUT2D eigenvalue weighted by atomic mass is 10.1. The van der Waals surface area contributed by atoms with Crippen LogP contribution in [0.3, 0.4) is 0 Å². The second-order valence-electron chi connectivity index (χ2n) is 7.38. The molecule has 1 saturated heterocycles. The Labute approximate surface area is 174 Å². The van der Waals surface area contributed by atoms with Gasteiger partial charge in [-0.15, -0.1) is 0 Å². The normalized spacial score (nSPS) is 15.5. The number of ether oxygens (including phenoxy) is 2. The molecule has 152 valence electrons. The van der Waals surface area contributed by atoms with Crippen LogP contribution in [0.15, 0.2) is 42.5 Å². The summed E-state index contributed by atoms with van der Waals surface area (Å²) in [5.41, 5.74) is 2.39. The third-order valence-corrected chi connectivity index (χ3v) is 5.40. The monoisotopic (exact) mass is 402 g/mol. The molecule has 1 aliphatic heterocycles. The van der Waals surface area contributed by atoms with E-state index in [9.17, 15) is 0 Å². The highest BCUT2D eigenvalue weighted by atomic mass is 35.5. The number of hydrogen-bond donors (Lipinski definition) is 0. The molecule has 0 unspecified atom stereocenters. The number of aryl methyl sites for hydroxylation is 1. The summed E-state index contributed by atoms with van der Waals surface area (Å²) in [4.78, 5) is 4.96. The van der Waals surface area contributed by atoms with Crippen LogP contribution in [-0.4, -0.2) is 56.2 Å². The summed E-state index contributed by atoms with van der Waals surface area (Å²) in [6.07, 6.45) is 2.23. The van der Waals surface area contributed by atoms with E-state index in [1.165, 1.54) is 38.2 Å². The summed E-state index contributed by atoms with van der Waals surface area (Å²) in [5.74, 6) is 1.62. The van der Waals surface area contributed by atoms with Crippen LogP contribution in [0, 0.1) is 0 Å². The maximum atomic E-state index is 6.00. The van der Waals surface area contributed by atoms with Gasteiger partial charge in [0.05, 0.1) is 6.61 Å². The second-order valence-corrected chi connectivity index (χ2v) is 7.81. The van der Waals surface area contributed by atoms with E-state index in [-0.39, 0.29) is 0 Å². The summed E-state index contributed by atoms with van der Waals surface area (Å²) in [6.45, 7) is 9.00. The minimum Gasteiger partial charge on any atom is -0.490 e. The summed E-state index contributed by atoms with van der Waals surface area (Å²) < 4.78 is 11.8. The molecule has 2 aromatic rings. The number of rotatable bonds is 9. The van der Waals surface area contributed by atoms with Crippen LogP contribution in [0.25, 0.3) is 0 Å². The van der Waals surface area contributed by atoms with E-state index in [1.807, 2.05) is 37.3 Å². The molecule has 1 aliphatic rings. The van der Waals surface area contributed by atoms with Crippen molar-refractivity contribution in [3.05, 3.63) is 58.6 Å². The van der Waals surface area contributed by atoms with Crippen molar-refractivity contribution < 1.29 is 9.47 Å². The van der Waals surface area contributed by atoms with E-state index in [2.05, 4.69) is 29.0 Å². The van der Waals surface area contributed by atoms with Gasteiger partial charge in [-0.25, -0.2) is 0 Å². The van der Waals surface area contributed by atoms with Crippen molar-refractivity contribution in [2.45, 2.75) is 26.4 Å². The summed E-state index contributed by atoms with van der Waals surface area (Å²) in [7, 11) is 2.20. The molecular formula is C23H31ClN2O2. The second kappa shape index (κ2) is 10.7. The number of hydrogen-bond acceptors (Lipinski definition) is 4. The zero-order chi connectivity index (χ0) is 19.8. The molecule has 28 heavy (non-hydrogen) atoms. The lowest BCUT2D eigenvalue weighted by Gasteiger charge is -2.32. The minimum atomic E-state index is 0.500. The first-order chi connectivity index (χ1) is 13.6. The lowest BCUT2D eigenvalue weighted by molar-refractivity contribution is 0.153. The highest BCUT2D eigenvalue weighted by Crippen LogP contribution is 2.30. The molecule has 0 atom stereocenters. The molecule has 1 heterocycles.